The lowest BCUT2D eigenvalue weighted by Gasteiger charge is -2.07. The number of rotatable bonds is 4. The minimum Gasteiger partial charge on any atom is -0.260 e. The van der Waals surface area contributed by atoms with E-state index in [2.05, 4.69) is 25.6 Å². The van der Waals surface area contributed by atoms with Crippen LogP contribution in [0.4, 0.5) is 4.39 Å². The van der Waals surface area contributed by atoms with Crippen molar-refractivity contribution in [1.29, 1.82) is 0 Å². The zero-order chi connectivity index (χ0) is 13.9. The highest BCUT2D eigenvalue weighted by molar-refractivity contribution is 9.10. The van der Waals surface area contributed by atoms with E-state index in [9.17, 15) is 12.8 Å². The molecule has 1 aromatic carbocycles. The third kappa shape index (κ3) is 3.59. The maximum absolute atomic E-state index is 13.3. The molecule has 0 radical (unpaired) electrons. The predicted molar refractivity (Wildman–Crippen MR) is 72.4 cm³/mol. The van der Waals surface area contributed by atoms with Crippen LogP contribution in [-0.2, 0) is 16.6 Å². The van der Waals surface area contributed by atoms with Gasteiger partial charge in [0.15, 0.2) is 0 Å². The Labute approximate surface area is 118 Å². The summed E-state index contributed by atoms with van der Waals surface area (Å²) in [5.41, 5.74) is 0.587. The van der Waals surface area contributed by atoms with Crippen LogP contribution in [0, 0.1) is 5.82 Å². The monoisotopic (exact) mass is 344 g/mol. The summed E-state index contributed by atoms with van der Waals surface area (Å²) in [6.07, 6.45) is 1.57. The van der Waals surface area contributed by atoms with Crippen LogP contribution in [0.25, 0.3) is 0 Å². The fourth-order valence-electron chi connectivity index (χ4n) is 1.40. The van der Waals surface area contributed by atoms with Crippen molar-refractivity contribution in [2.45, 2.75) is 11.4 Å². The highest BCUT2D eigenvalue weighted by atomic mass is 79.9. The summed E-state index contributed by atoms with van der Waals surface area (Å²) in [7, 11) is -3.75. The van der Waals surface area contributed by atoms with Crippen molar-refractivity contribution in [3.63, 3.8) is 0 Å². The lowest BCUT2D eigenvalue weighted by atomic mass is 10.3. The molecule has 0 unspecified atom stereocenters. The molecule has 0 atom stereocenters. The largest absolute Gasteiger partial charge is 0.260 e. The van der Waals surface area contributed by atoms with Crippen LogP contribution in [-0.4, -0.2) is 13.4 Å². The van der Waals surface area contributed by atoms with Gasteiger partial charge in [-0.1, -0.05) is 6.07 Å². The first-order valence-electron chi connectivity index (χ1n) is 5.34. The summed E-state index contributed by atoms with van der Waals surface area (Å²) >= 11 is 2.97. The van der Waals surface area contributed by atoms with Crippen molar-refractivity contribution < 1.29 is 12.8 Å². The van der Waals surface area contributed by atoms with Gasteiger partial charge in [0.25, 0.3) is 0 Å². The topological polar surface area (TPSA) is 59.1 Å². The molecule has 0 fully saturated rings. The van der Waals surface area contributed by atoms with Gasteiger partial charge in [-0.2, -0.15) is 0 Å². The molecular formula is C12H10BrFN2O2S. The predicted octanol–water partition coefficient (Wildman–Crippen LogP) is 2.46. The number of nitrogens with zero attached hydrogens (tertiary/aromatic N) is 1. The fourth-order valence-corrected chi connectivity index (χ4v) is 2.66. The van der Waals surface area contributed by atoms with E-state index >= 15 is 0 Å². The highest BCUT2D eigenvalue weighted by Gasteiger charge is 2.15. The second-order valence-corrected chi connectivity index (χ2v) is 6.34. The molecule has 0 saturated heterocycles. The normalized spacial score (nSPS) is 11.5. The number of nitrogens with one attached hydrogen (secondary N) is 1. The first-order chi connectivity index (χ1) is 8.99. The quantitative estimate of drug-likeness (QED) is 0.926. The first kappa shape index (κ1) is 14.1. The van der Waals surface area contributed by atoms with E-state index in [1.165, 1.54) is 12.1 Å². The van der Waals surface area contributed by atoms with Crippen LogP contribution in [0.2, 0.25) is 0 Å². The number of aromatic nitrogens is 1. The van der Waals surface area contributed by atoms with Gasteiger partial charge >= 0.3 is 0 Å². The molecule has 0 aliphatic heterocycles. The van der Waals surface area contributed by atoms with E-state index in [4.69, 9.17) is 0 Å². The van der Waals surface area contributed by atoms with E-state index < -0.39 is 15.8 Å². The van der Waals surface area contributed by atoms with Crippen molar-refractivity contribution in [2.24, 2.45) is 0 Å². The molecule has 1 heterocycles. The van der Waals surface area contributed by atoms with Gasteiger partial charge in [-0.3, -0.25) is 4.98 Å². The van der Waals surface area contributed by atoms with E-state index in [0.29, 0.717) is 5.69 Å². The highest BCUT2D eigenvalue weighted by Crippen LogP contribution is 2.19. The van der Waals surface area contributed by atoms with Crippen LogP contribution < -0.4 is 4.72 Å². The molecule has 0 amide bonds. The first-order valence-corrected chi connectivity index (χ1v) is 7.61. The molecule has 1 N–H and O–H groups in total. The lowest BCUT2D eigenvalue weighted by molar-refractivity contribution is 0.576. The summed E-state index contributed by atoms with van der Waals surface area (Å²) in [6.45, 7) is 0.0564. The standard InChI is InChI=1S/C12H10BrFN2O2S/c13-11-5-4-10(7-12(11)14)19(17,18)16-8-9-3-1-2-6-15-9/h1-7,16H,8H2. The van der Waals surface area contributed by atoms with Gasteiger partial charge < -0.3 is 0 Å². The van der Waals surface area contributed by atoms with Crippen LogP contribution in [0.3, 0.4) is 0 Å². The van der Waals surface area contributed by atoms with Gasteiger partial charge in [0.1, 0.15) is 5.82 Å². The van der Waals surface area contributed by atoms with Gasteiger partial charge in [-0.15, -0.1) is 0 Å². The fraction of sp³-hybridized carbons (Fsp3) is 0.0833. The average molecular weight is 345 g/mol. The summed E-state index contributed by atoms with van der Waals surface area (Å²) in [6, 6.07) is 8.84. The smallest absolute Gasteiger partial charge is 0.241 e. The Kier molecular flexibility index (Phi) is 4.28. The Hall–Kier alpha value is -1.31. The molecule has 0 bridgehead atoms. The molecule has 7 heteroatoms. The number of halogens is 2. The minimum atomic E-state index is -3.75. The van der Waals surface area contributed by atoms with Gasteiger partial charge in [0.2, 0.25) is 10.0 Å². The summed E-state index contributed by atoms with van der Waals surface area (Å²) in [4.78, 5) is 3.88. The molecular weight excluding hydrogens is 335 g/mol. The van der Waals surface area contributed by atoms with E-state index in [-0.39, 0.29) is 15.9 Å². The molecule has 19 heavy (non-hydrogen) atoms. The molecule has 1 aromatic heterocycles. The summed E-state index contributed by atoms with van der Waals surface area (Å²) < 4.78 is 39.8. The second kappa shape index (κ2) is 5.77. The van der Waals surface area contributed by atoms with E-state index in [1.54, 1.807) is 24.4 Å². The minimum absolute atomic E-state index is 0.0564. The molecule has 2 aromatic rings. The molecule has 0 aliphatic carbocycles. The summed E-state index contributed by atoms with van der Waals surface area (Å²) in [5.74, 6) is -0.624. The Morgan fingerprint density at radius 3 is 2.68 bits per heavy atom. The number of pyridine rings is 1. The second-order valence-electron chi connectivity index (χ2n) is 3.72. The van der Waals surface area contributed by atoms with Crippen molar-refractivity contribution in [3.05, 3.63) is 58.6 Å². The van der Waals surface area contributed by atoms with Crippen LogP contribution in [0.15, 0.2) is 52.0 Å². The van der Waals surface area contributed by atoms with Crippen LogP contribution >= 0.6 is 15.9 Å². The van der Waals surface area contributed by atoms with Gasteiger partial charge in [0.05, 0.1) is 21.6 Å². The van der Waals surface area contributed by atoms with E-state index in [0.717, 1.165) is 6.07 Å². The molecule has 0 aliphatic rings. The zero-order valence-electron chi connectivity index (χ0n) is 9.68. The number of sulfonamides is 1. The Morgan fingerprint density at radius 2 is 2.05 bits per heavy atom. The SMILES string of the molecule is O=S(=O)(NCc1ccccn1)c1ccc(Br)c(F)c1. The molecule has 4 nitrogen and oxygen atoms in total. The third-order valence-electron chi connectivity index (χ3n) is 2.37. The lowest BCUT2D eigenvalue weighted by Crippen LogP contribution is -2.23. The van der Waals surface area contributed by atoms with Crippen molar-refractivity contribution in [2.75, 3.05) is 0 Å². The molecule has 100 valence electrons. The average Bonchev–Trinajstić information content (AvgIpc) is 2.41. The third-order valence-corrected chi connectivity index (χ3v) is 4.41. The van der Waals surface area contributed by atoms with Crippen molar-refractivity contribution in [1.82, 2.24) is 9.71 Å². The Bertz CT molecular complexity index is 677. The Balaban J connectivity index is 2.16. The number of benzene rings is 1. The molecule has 0 saturated carbocycles. The summed E-state index contributed by atoms with van der Waals surface area (Å²) in [5, 5.41) is 0. The maximum atomic E-state index is 13.3. The van der Waals surface area contributed by atoms with E-state index in [1.807, 2.05) is 0 Å². The molecule has 2 rings (SSSR count). The number of hydrogen-bond donors (Lipinski definition) is 1. The van der Waals surface area contributed by atoms with Gasteiger partial charge in [-0.25, -0.2) is 17.5 Å². The Morgan fingerprint density at radius 1 is 1.26 bits per heavy atom. The van der Waals surface area contributed by atoms with Crippen molar-refractivity contribution in [3.8, 4) is 0 Å². The number of hydrogen-bond acceptors (Lipinski definition) is 3. The van der Waals surface area contributed by atoms with Crippen LogP contribution in [0.5, 0.6) is 0 Å². The zero-order valence-corrected chi connectivity index (χ0v) is 12.1. The van der Waals surface area contributed by atoms with Crippen molar-refractivity contribution >= 4 is 26.0 Å². The van der Waals surface area contributed by atoms with Gasteiger partial charge in [0, 0.05) is 6.20 Å². The molecule has 0 spiro atoms. The van der Waals surface area contributed by atoms with Gasteiger partial charge in [-0.05, 0) is 46.3 Å². The maximum Gasteiger partial charge on any atom is 0.241 e. The van der Waals surface area contributed by atoms with Crippen LogP contribution in [0.1, 0.15) is 5.69 Å².